The number of aryl methyl sites for hydroxylation is 1. The summed E-state index contributed by atoms with van der Waals surface area (Å²) in [6.07, 6.45) is 2.02. The maximum Gasteiger partial charge on any atom is 0.319 e. The van der Waals surface area contributed by atoms with E-state index in [1.807, 2.05) is 25.1 Å². The van der Waals surface area contributed by atoms with E-state index in [0.717, 1.165) is 34.1 Å². The molecule has 1 aliphatic rings. The molecule has 2 amide bonds. The molecule has 0 bridgehead atoms. The van der Waals surface area contributed by atoms with Crippen LogP contribution in [0, 0.1) is 12.7 Å². The third-order valence-electron chi connectivity index (χ3n) is 4.33. The minimum atomic E-state index is -0.236. The summed E-state index contributed by atoms with van der Waals surface area (Å²) in [6, 6.07) is 12.0. The standard InChI is InChI=1S/C18H18BrFN2O/c1-12-2-7-15(10-16(12)19)22-17(23)21-11-18(8-9-18)13-3-5-14(20)6-4-13/h2-7,10H,8-9,11H2,1H3,(H2,21,22,23). The van der Waals surface area contributed by atoms with Crippen LogP contribution in [0.1, 0.15) is 24.0 Å². The predicted molar refractivity (Wildman–Crippen MR) is 93.2 cm³/mol. The summed E-state index contributed by atoms with van der Waals surface area (Å²) in [7, 11) is 0. The first-order chi connectivity index (χ1) is 11.0. The van der Waals surface area contributed by atoms with Gasteiger partial charge in [0.05, 0.1) is 0 Å². The molecule has 0 aromatic heterocycles. The van der Waals surface area contributed by atoms with E-state index in [-0.39, 0.29) is 17.3 Å². The molecule has 0 unspecified atom stereocenters. The maximum absolute atomic E-state index is 13.0. The molecule has 0 spiro atoms. The molecule has 2 aromatic carbocycles. The van der Waals surface area contributed by atoms with E-state index < -0.39 is 0 Å². The first-order valence-electron chi connectivity index (χ1n) is 7.56. The van der Waals surface area contributed by atoms with Gasteiger partial charge in [-0.15, -0.1) is 0 Å². The Morgan fingerprint density at radius 2 is 1.91 bits per heavy atom. The van der Waals surface area contributed by atoms with Crippen LogP contribution >= 0.6 is 15.9 Å². The van der Waals surface area contributed by atoms with Crippen molar-refractivity contribution in [2.45, 2.75) is 25.2 Å². The van der Waals surface area contributed by atoms with Gasteiger partial charge in [0.25, 0.3) is 0 Å². The van der Waals surface area contributed by atoms with Crippen LogP contribution in [-0.4, -0.2) is 12.6 Å². The topological polar surface area (TPSA) is 41.1 Å². The fraction of sp³-hybridized carbons (Fsp3) is 0.278. The third-order valence-corrected chi connectivity index (χ3v) is 5.18. The molecular formula is C18H18BrFN2O. The van der Waals surface area contributed by atoms with Gasteiger partial charge in [-0.2, -0.15) is 0 Å². The third kappa shape index (κ3) is 3.72. The number of rotatable bonds is 4. The largest absolute Gasteiger partial charge is 0.337 e. The Hall–Kier alpha value is -1.88. The lowest BCUT2D eigenvalue weighted by Gasteiger charge is -2.17. The zero-order valence-corrected chi connectivity index (χ0v) is 14.4. The number of carbonyl (C=O) groups excluding carboxylic acids is 1. The van der Waals surface area contributed by atoms with Crippen LogP contribution in [0.5, 0.6) is 0 Å². The lowest BCUT2D eigenvalue weighted by atomic mass is 9.96. The summed E-state index contributed by atoms with van der Waals surface area (Å²) in [4.78, 5) is 12.1. The summed E-state index contributed by atoms with van der Waals surface area (Å²) in [5.74, 6) is -0.236. The molecule has 0 atom stereocenters. The molecule has 3 rings (SSSR count). The minimum absolute atomic E-state index is 0.0428. The number of benzene rings is 2. The Labute approximate surface area is 143 Å². The Morgan fingerprint density at radius 3 is 2.52 bits per heavy atom. The lowest BCUT2D eigenvalue weighted by molar-refractivity contribution is 0.251. The monoisotopic (exact) mass is 376 g/mol. The van der Waals surface area contributed by atoms with E-state index in [4.69, 9.17) is 0 Å². The van der Waals surface area contributed by atoms with Gasteiger partial charge in [0.15, 0.2) is 0 Å². The predicted octanol–water partition coefficient (Wildman–Crippen LogP) is 4.75. The summed E-state index contributed by atoms with van der Waals surface area (Å²) in [5, 5.41) is 5.75. The number of nitrogens with one attached hydrogen (secondary N) is 2. The van der Waals surface area contributed by atoms with E-state index in [1.165, 1.54) is 12.1 Å². The zero-order chi connectivity index (χ0) is 16.4. The highest BCUT2D eigenvalue weighted by molar-refractivity contribution is 9.10. The van der Waals surface area contributed by atoms with E-state index in [1.54, 1.807) is 12.1 Å². The summed E-state index contributed by atoms with van der Waals surface area (Å²) < 4.78 is 14.0. The zero-order valence-electron chi connectivity index (χ0n) is 12.8. The number of urea groups is 1. The number of carbonyl (C=O) groups is 1. The lowest BCUT2D eigenvalue weighted by Crippen LogP contribution is -2.35. The number of hydrogen-bond donors (Lipinski definition) is 2. The average molecular weight is 377 g/mol. The molecule has 23 heavy (non-hydrogen) atoms. The molecule has 0 radical (unpaired) electrons. The van der Waals surface area contributed by atoms with Gasteiger partial charge >= 0.3 is 6.03 Å². The highest BCUT2D eigenvalue weighted by Crippen LogP contribution is 2.47. The van der Waals surface area contributed by atoms with Crippen LogP contribution in [0.15, 0.2) is 46.9 Å². The van der Waals surface area contributed by atoms with Crippen LogP contribution in [0.3, 0.4) is 0 Å². The number of anilines is 1. The first kappa shape index (κ1) is 16.0. The second kappa shape index (κ2) is 6.32. The average Bonchev–Trinajstić information content (AvgIpc) is 3.31. The van der Waals surface area contributed by atoms with Crippen molar-refractivity contribution in [2.75, 3.05) is 11.9 Å². The van der Waals surface area contributed by atoms with E-state index >= 15 is 0 Å². The molecule has 2 N–H and O–H groups in total. The molecule has 0 aliphatic heterocycles. The van der Waals surface area contributed by atoms with E-state index in [2.05, 4.69) is 26.6 Å². The fourth-order valence-corrected chi connectivity index (χ4v) is 3.00. The van der Waals surface area contributed by atoms with Crippen LogP contribution in [-0.2, 0) is 5.41 Å². The highest BCUT2D eigenvalue weighted by atomic mass is 79.9. The molecule has 1 aliphatic carbocycles. The van der Waals surface area contributed by atoms with Gasteiger partial charge in [0.2, 0.25) is 0 Å². The quantitative estimate of drug-likeness (QED) is 0.793. The SMILES string of the molecule is Cc1ccc(NC(=O)NCC2(c3ccc(F)cc3)CC2)cc1Br. The van der Waals surface area contributed by atoms with Gasteiger partial charge in [0.1, 0.15) is 5.82 Å². The number of halogens is 2. The summed E-state index contributed by atoms with van der Waals surface area (Å²) in [6.45, 7) is 2.55. The molecule has 5 heteroatoms. The van der Waals surface area contributed by atoms with Gasteiger partial charge in [-0.05, 0) is 55.2 Å². The van der Waals surface area contributed by atoms with Gasteiger partial charge in [0, 0.05) is 22.1 Å². The Bertz CT molecular complexity index is 726. The van der Waals surface area contributed by atoms with Crippen molar-refractivity contribution in [3.8, 4) is 0 Å². The molecule has 120 valence electrons. The molecule has 0 heterocycles. The van der Waals surface area contributed by atoms with Gasteiger partial charge in [-0.3, -0.25) is 0 Å². The second-order valence-electron chi connectivity index (χ2n) is 6.06. The second-order valence-corrected chi connectivity index (χ2v) is 6.91. The highest BCUT2D eigenvalue weighted by Gasteiger charge is 2.44. The van der Waals surface area contributed by atoms with E-state index in [0.29, 0.717) is 6.54 Å². The fourth-order valence-electron chi connectivity index (χ4n) is 2.62. The van der Waals surface area contributed by atoms with Crippen LogP contribution in [0.2, 0.25) is 0 Å². The summed E-state index contributed by atoms with van der Waals surface area (Å²) in [5.41, 5.74) is 2.90. The Kier molecular flexibility index (Phi) is 4.39. The first-order valence-corrected chi connectivity index (χ1v) is 8.35. The van der Waals surface area contributed by atoms with Crippen molar-refractivity contribution in [3.05, 3.63) is 63.9 Å². The van der Waals surface area contributed by atoms with E-state index in [9.17, 15) is 9.18 Å². The minimum Gasteiger partial charge on any atom is -0.337 e. The van der Waals surface area contributed by atoms with Crippen molar-refractivity contribution in [2.24, 2.45) is 0 Å². The van der Waals surface area contributed by atoms with Crippen molar-refractivity contribution in [1.29, 1.82) is 0 Å². The van der Waals surface area contributed by atoms with Gasteiger partial charge < -0.3 is 10.6 Å². The molecule has 3 nitrogen and oxygen atoms in total. The number of amides is 2. The Balaban J connectivity index is 1.58. The van der Waals surface area contributed by atoms with Crippen molar-refractivity contribution in [3.63, 3.8) is 0 Å². The Morgan fingerprint density at radius 1 is 1.22 bits per heavy atom. The smallest absolute Gasteiger partial charge is 0.319 e. The molecule has 1 fully saturated rings. The van der Waals surface area contributed by atoms with Crippen molar-refractivity contribution < 1.29 is 9.18 Å². The van der Waals surface area contributed by atoms with Crippen molar-refractivity contribution in [1.82, 2.24) is 5.32 Å². The van der Waals surface area contributed by atoms with Crippen LogP contribution in [0.4, 0.5) is 14.9 Å². The van der Waals surface area contributed by atoms with Gasteiger partial charge in [-0.25, -0.2) is 9.18 Å². The normalized spacial score (nSPS) is 15.1. The molecular weight excluding hydrogens is 359 g/mol. The maximum atomic E-state index is 13.0. The molecule has 2 aromatic rings. The molecule has 1 saturated carbocycles. The van der Waals surface area contributed by atoms with Gasteiger partial charge in [-0.1, -0.05) is 34.1 Å². The molecule has 0 saturated heterocycles. The van der Waals surface area contributed by atoms with Crippen molar-refractivity contribution >= 4 is 27.6 Å². The summed E-state index contributed by atoms with van der Waals surface area (Å²) >= 11 is 3.45. The number of hydrogen-bond acceptors (Lipinski definition) is 1. The van der Waals surface area contributed by atoms with Crippen LogP contribution < -0.4 is 10.6 Å². The van der Waals surface area contributed by atoms with Crippen LogP contribution in [0.25, 0.3) is 0 Å².